The second kappa shape index (κ2) is 5.99. The Kier molecular flexibility index (Phi) is 3.89. The fourth-order valence-corrected chi connectivity index (χ4v) is 2.13. The molecular weight excluding hydrogens is 305 g/mol. The smallest absolute Gasteiger partial charge is 0.276 e. The molecule has 3 rings (SSSR count). The zero-order chi connectivity index (χ0) is 15.5. The molecular formula is C16H11ClFN3O. The Hall–Kier alpha value is -2.66. The number of para-hydroxylation sites is 1. The summed E-state index contributed by atoms with van der Waals surface area (Å²) in [5.74, 6) is -1.17. The van der Waals surface area contributed by atoms with E-state index in [4.69, 9.17) is 11.6 Å². The van der Waals surface area contributed by atoms with Crippen molar-refractivity contribution in [2.75, 3.05) is 5.32 Å². The normalized spacial score (nSPS) is 10.5. The number of aromatic nitrogens is 2. The van der Waals surface area contributed by atoms with E-state index < -0.39 is 11.7 Å². The van der Waals surface area contributed by atoms with E-state index in [0.29, 0.717) is 0 Å². The van der Waals surface area contributed by atoms with Crippen LogP contribution in [0.25, 0.3) is 5.69 Å². The Morgan fingerprint density at radius 2 is 1.86 bits per heavy atom. The maximum Gasteiger partial charge on any atom is 0.276 e. The largest absolute Gasteiger partial charge is 0.318 e. The van der Waals surface area contributed by atoms with Crippen molar-refractivity contribution in [3.63, 3.8) is 0 Å². The van der Waals surface area contributed by atoms with Crippen LogP contribution >= 0.6 is 11.6 Å². The minimum atomic E-state index is -0.667. The minimum absolute atomic E-state index is 0.0201. The van der Waals surface area contributed by atoms with Crippen LogP contribution in [0, 0.1) is 5.82 Å². The third kappa shape index (κ3) is 2.84. The quantitative estimate of drug-likeness (QED) is 0.796. The number of benzene rings is 2. The van der Waals surface area contributed by atoms with E-state index in [1.807, 2.05) is 30.3 Å². The Labute approximate surface area is 131 Å². The monoisotopic (exact) mass is 315 g/mol. The lowest BCUT2D eigenvalue weighted by molar-refractivity contribution is 0.102. The molecule has 3 aromatic rings. The molecule has 0 atom stereocenters. The highest BCUT2D eigenvalue weighted by Gasteiger charge is 2.14. The summed E-state index contributed by atoms with van der Waals surface area (Å²) in [4.78, 5) is 12.1. The van der Waals surface area contributed by atoms with Crippen molar-refractivity contribution in [2.45, 2.75) is 0 Å². The molecule has 0 bridgehead atoms. The van der Waals surface area contributed by atoms with E-state index in [0.717, 1.165) is 5.69 Å². The van der Waals surface area contributed by atoms with E-state index in [-0.39, 0.29) is 16.4 Å². The number of amides is 1. The second-order valence-corrected chi connectivity index (χ2v) is 4.94. The molecule has 1 amide bonds. The summed E-state index contributed by atoms with van der Waals surface area (Å²) in [5.41, 5.74) is 1.03. The number of carbonyl (C=O) groups excluding carboxylic acids is 1. The van der Waals surface area contributed by atoms with Crippen molar-refractivity contribution in [1.82, 2.24) is 9.78 Å². The maximum absolute atomic E-state index is 13.8. The molecule has 1 N–H and O–H groups in total. The van der Waals surface area contributed by atoms with Gasteiger partial charge in [-0.15, -0.1) is 0 Å². The van der Waals surface area contributed by atoms with Crippen LogP contribution in [0.15, 0.2) is 60.8 Å². The van der Waals surface area contributed by atoms with Crippen molar-refractivity contribution in [1.29, 1.82) is 0 Å². The lowest BCUT2D eigenvalue weighted by Crippen LogP contribution is -2.14. The predicted molar refractivity (Wildman–Crippen MR) is 82.9 cm³/mol. The van der Waals surface area contributed by atoms with Crippen LogP contribution in [0.5, 0.6) is 0 Å². The number of halogens is 2. The van der Waals surface area contributed by atoms with Gasteiger partial charge in [0.05, 0.1) is 16.4 Å². The van der Waals surface area contributed by atoms with Crippen molar-refractivity contribution in [3.05, 3.63) is 77.3 Å². The molecule has 1 aromatic heterocycles. The van der Waals surface area contributed by atoms with Gasteiger partial charge in [0.1, 0.15) is 0 Å². The first-order chi connectivity index (χ1) is 10.6. The number of rotatable bonds is 3. The summed E-state index contributed by atoms with van der Waals surface area (Å²) in [6.07, 6.45) is 1.67. The predicted octanol–water partition coefficient (Wildman–Crippen LogP) is 3.92. The second-order valence-electron chi connectivity index (χ2n) is 4.54. The number of carbonyl (C=O) groups is 1. The summed E-state index contributed by atoms with van der Waals surface area (Å²) in [7, 11) is 0. The van der Waals surface area contributed by atoms with Crippen LogP contribution in [0.1, 0.15) is 10.5 Å². The zero-order valence-electron chi connectivity index (χ0n) is 11.3. The van der Waals surface area contributed by atoms with E-state index in [1.165, 1.54) is 12.1 Å². The molecule has 0 aliphatic rings. The lowest BCUT2D eigenvalue weighted by Gasteiger charge is -2.05. The molecule has 0 spiro atoms. The summed E-state index contributed by atoms with van der Waals surface area (Å²) in [6, 6.07) is 15.3. The van der Waals surface area contributed by atoms with E-state index in [1.54, 1.807) is 23.0 Å². The SMILES string of the molecule is O=C(Nc1cccc(Cl)c1F)c1ccn(-c2ccccc2)n1. The lowest BCUT2D eigenvalue weighted by atomic mass is 10.3. The Bertz CT molecular complexity index is 817. The fraction of sp³-hybridized carbons (Fsp3) is 0. The molecule has 110 valence electrons. The molecule has 0 saturated carbocycles. The standard InChI is InChI=1S/C16H11ClFN3O/c17-12-7-4-8-13(15(12)18)19-16(22)14-9-10-21(20-14)11-5-2-1-3-6-11/h1-10H,(H,19,22). The molecule has 6 heteroatoms. The van der Waals surface area contributed by atoms with Crippen molar-refractivity contribution < 1.29 is 9.18 Å². The van der Waals surface area contributed by atoms with Gasteiger partial charge >= 0.3 is 0 Å². The minimum Gasteiger partial charge on any atom is -0.318 e. The van der Waals surface area contributed by atoms with Gasteiger partial charge in [-0.05, 0) is 30.3 Å². The van der Waals surface area contributed by atoms with Crippen LogP contribution in [0.4, 0.5) is 10.1 Å². The third-order valence-corrected chi connectivity index (χ3v) is 3.33. The fourth-order valence-electron chi connectivity index (χ4n) is 1.96. The molecule has 0 radical (unpaired) electrons. The van der Waals surface area contributed by atoms with Gasteiger partial charge in [-0.3, -0.25) is 4.79 Å². The highest BCUT2D eigenvalue weighted by molar-refractivity contribution is 6.31. The van der Waals surface area contributed by atoms with E-state index >= 15 is 0 Å². The number of anilines is 1. The Balaban J connectivity index is 1.82. The van der Waals surface area contributed by atoms with Crippen LogP contribution < -0.4 is 5.32 Å². The zero-order valence-corrected chi connectivity index (χ0v) is 12.1. The van der Waals surface area contributed by atoms with Crippen LogP contribution in [-0.4, -0.2) is 15.7 Å². The summed E-state index contributed by atoms with van der Waals surface area (Å²) < 4.78 is 15.3. The Morgan fingerprint density at radius 1 is 1.09 bits per heavy atom. The van der Waals surface area contributed by atoms with E-state index in [9.17, 15) is 9.18 Å². The molecule has 0 aliphatic carbocycles. The average Bonchev–Trinajstić information content (AvgIpc) is 3.03. The van der Waals surface area contributed by atoms with Crippen LogP contribution in [-0.2, 0) is 0 Å². The Morgan fingerprint density at radius 3 is 2.64 bits per heavy atom. The molecule has 22 heavy (non-hydrogen) atoms. The van der Waals surface area contributed by atoms with Crippen LogP contribution in [0.2, 0.25) is 5.02 Å². The van der Waals surface area contributed by atoms with Crippen LogP contribution in [0.3, 0.4) is 0 Å². The molecule has 0 saturated heterocycles. The number of nitrogens with zero attached hydrogens (tertiary/aromatic N) is 2. The van der Waals surface area contributed by atoms with Gasteiger partial charge in [0, 0.05) is 6.20 Å². The van der Waals surface area contributed by atoms with Gasteiger partial charge < -0.3 is 5.32 Å². The van der Waals surface area contributed by atoms with Gasteiger partial charge in [-0.25, -0.2) is 9.07 Å². The topological polar surface area (TPSA) is 46.9 Å². The van der Waals surface area contributed by atoms with Gasteiger partial charge in [-0.2, -0.15) is 5.10 Å². The first-order valence-electron chi connectivity index (χ1n) is 6.51. The van der Waals surface area contributed by atoms with E-state index in [2.05, 4.69) is 10.4 Å². The highest BCUT2D eigenvalue weighted by atomic mass is 35.5. The summed E-state index contributed by atoms with van der Waals surface area (Å²) in [5, 5.41) is 6.59. The maximum atomic E-state index is 13.8. The highest BCUT2D eigenvalue weighted by Crippen LogP contribution is 2.22. The van der Waals surface area contributed by atoms with Crippen molar-refractivity contribution >= 4 is 23.2 Å². The van der Waals surface area contributed by atoms with Gasteiger partial charge in [0.15, 0.2) is 11.5 Å². The van der Waals surface area contributed by atoms with Gasteiger partial charge in [0.2, 0.25) is 0 Å². The first kappa shape index (κ1) is 14.3. The van der Waals surface area contributed by atoms with Crippen molar-refractivity contribution in [3.8, 4) is 5.69 Å². The summed E-state index contributed by atoms with van der Waals surface area (Å²) >= 11 is 5.68. The molecule has 2 aromatic carbocycles. The number of hydrogen-bond acceptors (Lipinski definition) is 2. The average molecular weight is 316 g/mol. The molecule has 1 heterocycles. The molecule has 0 aliphatic heterocycles. The molecule has 0 unspecified atom stereocenters. The molecule has 0 fully saturated rings. The number of hydrogen-bond donors (Lipinski definition) is 1. The number of nitrogens with one attached hydrogen (secondary N) is 1. The summed E-state index contributed by atoms with van der Waals surface area (Å²) in [6.45, 7) is 0. The third-order valence-electron chi connectivity index (χ3n) is 3.04. The van der Waals surface area contributed by atoms with Gasteiger partial charge in [-0.1, -0.05) is 35.9 Å². The molecule has 4 nitrogen and oxygen atoms in total. The van der Waals surface area contributed by atoms with Gasteiger partial charge in [0.25, 0.3) is 5.91 Å². The van der Waals surface area contributed by atoms with Crippen molar-refractivity contribution in [2.24, 2.45) is 0 Å². The first-order valence-corrected chi connectivity index (χ1v) is 6.89.